The molecule has 52 heavy (non-hydrogen) atoms. The normalized spacial score (nSPS) is 11.1. The number of hydrogen-bond acceptors (Lipinski definition) is 5. The Hall–Kier alpha value is -7.11. The van der Waals surface area contributed by atoms with Gasteiger partial charge in [0, 0.05) is 41.5 Å². The second-order valence-electron chi connectivity index (χ2n) is 12.6. The predicted molar refractivity (Wildman–Crippen MR) is 211 cm³/mol. The average molecular weight is 666 g/mol. The number of fused-ring (bicyclic) bond motifs is 1. The summed E-state index contributed by atoms with van der Waals surface area (Å²) >= 11 is 0. The molecule has 0 unspecified atom stereocenters. The molecule has 9 rings (SSSR count). The summed E-state index contributed by atoms with van der Waals surface area (Å²) in [5, 5.41) is 2.36. The Morgan fingerprint density at radius 1 is 0.269 bits per heavy atom. The molecule has 5 nitrogen and oxygen atoms in total. The van der Waals surface area contributed by atoms with E-state index in [9.17, 15) is 0 Å². The minimum Gasteiger partial charge on any atom is -0.265 e. The largest absolute Gasteiger partial charge is 0.265 e. The first kappa shape index (κ1) is 30.9. The van der Waals surface area contributed by atoms with E-state index >= 15 is 0 Å². The zero-order chi connectivity index (χ0) is 34.7. The van der Waals surface area contributed by atoms with E-state index in [4.69, 9.17) is 15.0 Å². The SMILES string of the molecule is c1ccc(-c2ccc(-c3ccc(-c4nc(-c5ccncc5)nc(-c5ccncc5)n4)cc3-c3cccc4ccccc34)c(-c3ccccc3)c2)cc1. The van der Waals surface area contributed by atoms with Crippen LogP contribution < -0.4 is 0 Å². The summed E-state index contributed by atoms with van der Waals surface area (Å²) in [6, 6.07) is 57.3. The van der Waals surface area contributed by atoms with Crippen LogP contribution in [0.3, 0.4) is 0 Å². The highest BCUT2D eigenvalue weighted by atomic mass is 15.0. The highest BCUT2D eigenvalue weighted by molar-refractivity contribution is 6.03. The van der Waals surface area contributed by atoms with E-state index in [-0.39, 0.29) is 0 Å². The molecule has 0 spiro atoms. The third-order valence-corrected chi connectivity index (χ3v) is 9.37. The summed E-state index contributed by atoms with van der Waals surface area (Å²) in [7, 11) is 0. The van der Waals surface area contributed by atoms with Crippen molar-refractivity contribution >= 4 is 10.8 Å². The molecule has 5 heteroatoms. The summed E-state index contributed by atoms with van der Waals surface area (Å²) in [5.41, 5.74) is 11.8. The highest BCUT2D eigenvalue weighted by Crippen LogP contribution is 2.43. The topological polar surface area (TPSA) is 64.5 Å². The van der Waals surface area contributed by atoms with E-state index < -0.39 is 0 Å². The molecule has 0 radical (unpaired) electrons. The van der Waals surface area contributed by atoms with Gasteiger partial charge in [0.05, 0.1) is 0 Å². The molecule has 244 valence electrons. The van der Waals surface area contributed by atoms with E-state index in [0.29, 0.717) is 17.5 Å². The van der Waals surface area contributed by atoms with Crippen LogP contribution in [0.5, 0.6) is 0 Å². The predicted octanol–water partition coefficient (Wildman–Crippen LogP) is 11.5. The first-order valence-electron chi connectivity index (χ1n) is 17.2. The van der Waals surface area contributed by atoms with Gasteiger partial charge in [-0.3, -0.25) is 9.97 Å². The summed E-state index contributed by atoms with van der Waals surface area (Å²) in [6.45, 7) is 0. The maximum atomic E-state index is 5.04. The van der Waals surface area contributed by atoms with Crippen molar-refractivity contribution in [3.8, 4) is 78.7 Å². The van der Waals surface area contributed by atoms with E-state index in [2.05, 4.69) is 149 Å². The van der Waals surface area contributed by atoms with Crippen molar-refractivity contribution in [1.29, 1.82) is 0 Å². The quantitative estimate of drug-likeness (QED) is 0.169. The van der Waals surface area contributed by atoms with Gasteiger partial charge in [-0.05, 0) is 91.7 Å². The number of hydrogen-bond donors (Lipinski definition) is 0. The van der Waals surface area contributed by atoms with Crippen LogP contribution in [0.15, 0.2) is 189 Å². The van der Waals surface area contributed by atoms with Gasteiger partial charge in [-0.2, -0.15) is 0 Å². The maximum Gasteiger partial charge on any atom is 0.164 e. The number of aromatic nitrogens is 5. The van der Waals surface area contributed by atoms with Gasteiger partial charge < -0.3 is 0 Å². The van der Waals surface area contributed by atoms with Gasteiger partial charge in [0.1, 0.15) is 0 Å². The minimum absolute atomic E-state index is 0.581. The zero-order valence-corrected chi connectivity index (χ0v) is 28.1. The van der Waals surface area contributed by atoms with Crippen molar-refractivity contribution in [2.24, 2.45) is 0 Å². The van der Waals surface area contributed by atoms with Gasteiger partial charge >= 0.3 is 0 Å². The van der Waals surface area contributed by atoms with Crippen molar-refractivity contribution < 1.29 is 0 Å². The highest BCUT2D eigenvalue weighted by Gasteiger charge is 2.19. The molecule has 0 aliphatic heterocycles. The van der Waals surface area contributed by atoms with Crippen LogP contribution in [0.4, 0.5) is 0 Å². The lowest BCUT2D eigenvalue weighted by atomic mass is 9.85. The zero-order valence-electron chi connectivity index (χ0n) is 28.1. The smallest absolute Gasteiger partial charge is 0.164 e. The molecule has 6 aromatic carbocycles. The number of benzene rings is 6. The van der Waals surface area contributed by atoms with Crippen LogP contribution in [-0.2, 0) is 0 Å². The van der Waals surface area contributed by atoms with Gasteiger partial charge in [-0.15, -0.1) is 0 Å². The summed E-state index contributed by atoms with van der Waals surface area (Å²) in [4.78, 5) is 23.4. The number of nitrogens with zero attached hydrogens (tertiary/aromatic N) is 5. The van der Waals surface area contributed by atoms with Crippen molar-refractivity contribution in [3.63, 3.8) is 0 Å². The molecule has 0 amide bonds. The van der Waals surface area contributed by atoms with E-state index in [1.807, 2.05) is 24.3 Å². The summed E-state index contributed by atoms with van der Waals surface area (Å²) in [6.07, 6.45) is 7.02. The van der Waals surface area contributed by atoms with Crippen molar-refractivity contribution in [1.82, 2.24) is 24.9 Å². The first-order chi connectivity index (χ1) is 25.8. The minimum atomic E-state index is 0.581. The lowest BCUT2D eigenvalue weighted by molar-refractivity contribution is 1.07. The molecule has 9 aromatic rings. The Morgan fingerprint density at radius 3 is 1.42 bits per heavy atom. The van der Waals surface area contributed by atoms with Crippen molar-refractivity contribution in [3.05, 3.63) is 189 Å². The van der Waals surface area contributed by atoms with E-state index in [1.165, 1.54) is 21.9 Å². The van der Waals surface area contributed by atoms with Crippen LogP contribution in [0, 0.1) is 0 Å². The van der Waals surface area contributed by atoms with Gasteiger partial charge in [-0.1, -0.05) is 127 Å². The molecule has 0 saturated heterocycles. The average Bonchev–Trinajstić information content (AvgIpc) is 3.24. The Labute approximate surface area is 302 Å². The Kier molecular flexibility index (Phi) is 8.12. The fourth-order valence-corrected chi connectivity index (χ4v) is 6.81. The standard InChI is InChI=1S/C47H31N5/c1-3-10-32(11-4-1)37-18-20-41(43(30-37)34-12-5-2-6-13-34)42-21-19-38(31-44(42)40-17-9-15-33-14-7-8-16-39(33)40)47-51-45(35-22-26-48-27-23-35)50-46(52-47)36-24-28-49-29-25-36/h1-31H. The Balaban J connectivity index is 1.30. The molecule has 0 aliphatic rings. The summed E-state index contributed by atoms with van der Waals surface area (Å²) in [5.74, 6) is 1.75. The number of rotatable bonds is 7. The van der Waals surface area contributed by atoms with Gasteiger partial charge in [0.25, 0.3) is 0 Å². The molecule has 0 aliphatic carbocycles. The number of pyridine rings is 2. The van der Waals surface area contributed by atoms with Gasteiger partial charge in [0.15, 0.2) is 17.5 Å². The molecule has 0 atom stereocenters. The van der Waals surface area contributed by atoms with Gasteiger partial charge in [0.2, 0.25) is 0 Å². The lowest BCUT2D eigenvalue weighted by Crippen LogP contribution is -2.01. The van der Waals surface area contributed by atoms with Crippen LogP contribution in [0.2, 0.25) is 0 Å². The van der Waals surface area contributed by atoms with E-state index in [1.54, 1.807) is 24.8 Å². The van der Waals surface area contributed by atoms with Crippen LogP contribution in [-0.4, -0.2) is 24.9 Å². The first-order valence-corrected chi connectivity index (χ1v) is 17.2. The third-order valence-electron chi connectivity index (χ3n) is 9.37. The molecular formula is C47H31N5. The molecule has 0 N–H and O–H groups in total. The Morgan fingerprint density at radius 2 is 0.769 bits per heavy atom. The Bertz CT molecular complexity index is 2600. The third kappa shape index (κ3) is 6.01. The fourth-order valence-electron chi connectivity index (χ4n) is 6.81. The molecule has 0 fully saturated rings. The van der Waals surface area contributed by atoms with Crippen molar-refractivity contribution in [2.75, 3.05) is 0 Å². The molecule has 0 bridgehead atoms. The van der Waals surface area contributed by atoms with Gasteiger partial charge in [-0.25, -0.2) is 15.0 Å². The maximum absolute atomic E-state index is 5.04. The van der Waals surface area contributed by atoms with Crippen LogP contribution in [0.1, 0.15) is 0 Å². The molecule has 0 saturated carbocycles. The van der Waals surface area contributed by atoms with Crippen LogP contribution >= 0.6 is 0 Å². The second kappa shape index (κ2) is 13.7. The second-order valence-corrected chi connectivity index (χ2v) is 12.6. The molecular weight excluding hydrogens is 635 g/mol. The van der Waals surface area contributed by atoms with Crippen LogP contribution in [0.25, 0.3) is 89.4 Å². The summed E-state index contributed by atoms with van der Waals surface area (Å²) < 4.78 is 0. The monoisotopic (exact) mass is 665 g/mol. The lowest BCUT2D eigenvalue weighted by Gasteiger charge is -2.19. The van der Waals surface area contributed by atoms with E-state index in [0.717, 1.165) is 50.1 Å². The molecule has 3 heterocycles. The molecule has 3 aromatic heterocycles. The van der Waals surface area contributed by atoms with Crippen molar-refractivity contribution in [2.45, 2.75) is 0 Å². The fraction of sp³-hybridized carbons (Fsp3) is 0.